The van der Waals surface area contributed by atoms with Gasteiger partial charge in [-0.25, -0.2) is 0 Å². The van der Waals surface area contributed by atoms with Crippen LogP contribution in [0, 0.1) is 0 Å². The van der Waals surface area contributed by atoms with Crippen molar-refractivity contribution in [3.05, 3.63) is 48.2 Å². The van der Waals surface area contributed by atoms with Crippen LogP contribution in [0.2, 0.25) is 0 Å². The Balaban J connectivity index is 1.77. The summed E-state index contributed by atoms with van der Waals surface area (Å²) in [6, 6.07) is 10.4. The Morgan fingerprint density at radius 2 is 1.52 bits per heavy atom. The molecule has 1 aromatic heterocycles. The van der Waals surface area contributed by atoms with Crippen molar-refractivity contribution in [3.8, 4) is 23.0 Å². The minimum absolute atomic E-state index is 0.0822. The second-order valence-electron chi connectivity index (χ2n) is 5.32. The monoisotopic (exact) mass is 342 g/mol. The normalized spacial score (nSPS) is 10.5. The van der Waals surface area contributed by atoms with E-state index >= 15 is 0 Å². The molecule has 0 fully saturated rings. The highest BCUT2D eigenvalue weighted by Gasteiger charge is 2.14. The summed E-state index contributed by atoms with van der Waals surface area (Å²) < 4.78 is 26.4. The zero-order valence-corrected chi connectivity index (χ0v) is 14.2. The highest BCUT2D eigenvalue weighted by Crippen LogP contribution is 2.29. The molecule has 6 nitrogen and oxygen atoms in total. The molecule has 0 bridgehead atoms. The van der Waals surface area contributed by atoms with E-state index in [1.807, 2.05) is 12.1 Å². The lowest BCUT2D eigenvalue weighted by molar-refractivity contribution is -0.133. The highest BCUT2D eigenvalue weighted by molar-refractivity contribution is 5.87. The largest absolute Gasteiger partial charge is 0.497 e. The number of fused-ring (bicyclic) bond motifs is 1. The summed E-state index contributed by atoms with van der Waals surface area (Å²) in [5.41, 5.74) is 1.41. The first kappa shape index (κ1) is 16.7. The average Bonchev–Trinajstić information content (AvgIpc) is 3.03. The minimum Gasteiger partial charge on any atom is -0.497 e. The molecule has 0 saturated carbocycles. The van der Waals surface area contributed by atoms with Gasteiger partial charge in [0.05, 0.1) is 34.0 Å². The molecule has 6 heteroatoms. The van der Waals surface area contributed by atoms with Gasteiger partial charge in [-0.05, 0) is 12.1 Å². The number of hydrogen-bond acceptors (Lipinski definition) is 6. The van der Waals surface area contributed by atoms with Gasteiger partial charge in [0, 0.05) is 35.2 Å². The van der Waals surface area contributed by atoms with Crippen LogP contribution in [0.25, 0.3) is 11.0 Å². The first-order valence-electron chi connectivity index (χ1n) is 7.61. The van der Waals surface area contributed by atoms with E-state index < -0.39 is 5.97 Å². The summed E-state index contributed by atoms with van der Waals surface area (Å²) >= 11 is 0. The molecular formula is C19H18O6. The number of rotatable bonds is 6. The van der Waals surface area contributed by atoms with Gasteiger partial charge in [0.25, 0.3) is 0 Å². The molecule has 0 aliphatic rings. The van der Waals surface area contributed by atoms with Crippen molar-refractivity contribution in [1.82, 2.24) is 0 Å². The maximum absolute atomic E-state index is 12.3. The second-order valence-corrected chi connectivity index (χ2v) is 5.32. The van der Waals surface area contributed by atoms with Crippen LogP contribution in [0.5, 0.6) is 23.0 Å². The Labute approximate surface area is 144 Å². The van der Waals surface area contributed by atoms with E-state index in [1.165, 1.54) is 14.2 Å². The van der Waals surface area contributed by atoms with Crippen LogP contribution in [-0.4, -0.2) is 27.3 Å². The smallest absolute Gasteiger partial charge is 0.315 e. The Hall–Kier alpha value is -3.15. The SMILES string of the molecule is COc1cc(OC)cc(OC(=O)Cc2coc3cc(OC)ccc23)c1. The van der Waals surface area contributed by atoms with Gasteiger partial charge in [0.2, 0.25) is 0 Å². The van der Waals surface area contributed by atoms with E-state index in [0.29, 0.717) is 28.6 Å². The summed E-state index contributed by atoms with van der Waals surface area (Å²) in [4.78, 5) is 12.3. The van der Waals surface area contributed by atoms with Gasteiger partial charge in [-0.15, -0.1) is 0 Å². The van der Waals surface area contributed by atoms with Gasteiger partial charge >= 0.3 is 5.97 Å². The molecule has 0 amide bonds. The molecule has 0 aliphatic carbocycles. The van der Waals surface area contributed by atoms with E-state index in [2.05, 4.69) is 0 Å². The zero-order chi connectivity index (χ0) is 17.8. The summed E-state index contributed by atoms with van der Waals surface area (Å²) in [5.74, 6) is 1.73. The van der Waals surface area contributed by atoms with Gasteiger partial charge in [-0.1, -0.05) is 0 Å². The van der Waals surface area contributed by atoms with Crippen molar-refractivity contribution in [3.63, 3.8) is 0 Å². The second kappa shape index (κ2) is 7.17. The molecule has 0 atom stereocenters. The molecular weight excluding hydrogens is 324 g/mol. The number of hydrogen-bond donors (Lipinski definition) is 0. The number of benzene rings is 2. The van der Waals surface area contributed by atoms with Crippen LogP contribution in [0.3, 0.4) is 0 Å². The van der Waals surface area contributed by atoms with E-state index in [4.69, 9.17) is 23.4 Å². The molecule has 0 spiro atoms. The highest BCUT2D eigenvalue weighted by atomic mass is 16.5. The molecule has 0 radical (unpaired) electrons. The molecule has 3 aromatic rings. The van der Waals surface area contributed by atoms with Crippen LogP contribution < -0.4 is 18.9 Å². The predicted molar refractivity (Wildman–Crippen MR) is 91.7 cm³/mol. The third-order valence-electron chi connectivity index (χ3n) is 3.75. The number of methoxy groups -OCH3 is 3. The molecule has 25 heavy (non-hydrogen) atoms. The van der Waals surface area contributed by atoms with Gasteiger partial charge in [-0.3, -0.25) is 4.79 Å². The predicted octanol–water partition coefficient (Wildman–Crippen LogP) is 3.61. The number of esters is 1. The molecule has 0 saturated heterocycles. The third-order valence-corrected chi connectivity index (χ3v) is 3.75. The topological polar surface area (TPSA) is 67.1 Å². The number of ether oxygens (including phenoxy) is 4. The van der Waals surface area contributed by atoms with Crippen molar-refractivity contribution in [2.45, 2.75) is 6.42 Å². The first-order chi connectivity index (χ1) is 12.1. The fourth-order valence-electron chi connectivity index (χ4n) is 2.49. The summed E-state index contributed by atoms with van der Waals surface area (Å²) in [5, 5.41) is 0.848. The van der Waals surface area contributed by atoms with Crippen LogP contribution in [-0.2, 0) is 11.2 Å². The molecule has 130 valence electrons. The van der Waals surface area contributed by atoms with Crippen molar-refractivity contribution < 1.29 is 28.2 Å². The Morgan fingerprint density at radius 3 is 2.16 bits per heavy atom. The maximum atomic E-state index is 12.3. The van der Waals surface area contributed by atoms with Crippen LogP contribution >= 0.6 is 0 Å². The summed E-state index contributed by atoms with van der Waals surface area (Å²) in [6.07, 6.45) is 1.64. The van der Waals surface area contributed by atoms with Crippen molar-refractivity contribution in [1.29, 1.82) is 0 Å². The van der Waals surface area contributed by atoms with Gasteiger partial charge in [-0.2, -0.15) is 0 Å². The Kier molecular flexibility index (Phi) is 4.79. The van der Waals surface area contributed by atoms with Crippen LogP contribution in [0.1, 0.15) is 5.56 Å². The van der Waals surface area contributed by atoms with Gasteiger partial charge < -0.3 is 23.4 Å². The van der Waals surface area contributed by atoms with Gasteiger partial charge in [0.15, 0.2) is 0 Å². The van der Waals surface area contributed by atoms with Crippen molar-refractivity contribution in [2.24, 2.45) is 0 Å². The first-order valence-corrected chi connectivity index (χ1v) is 7.61. The quantitative estimate of drug-likeness (QED) is 0.504. The maximum Gasteiger partial charge on any atom is 0.315 e. The van der Waals surface area contributed by atoms with E-state index in [-0.39, 0.29) is 6.42 Å². The summed E-state index contributed by atoms with van der Waals surface area (Å²) in [6.45, 7) is 0. The van der Waals surface area contributed by atoms with Crippen molar-refractivity contribution in [2.75, 3.05) is 21.3 Å². The number of carbonyl (C=O) groups excluding carboxylic acids is 1. The lowest BCUT2D eigenvalue weighted by atomic mass is 10.1. The fraction of sp³-hybridized carbons (Fsp3) is 0.211. The van der Waals surface area contributed by atoms with Crippen LogP contribution in [0.4, 0.5) is 0 Å². The molecule has 2 aromatic carbocycles. The Bertz CT molecular complexity index is 874. The van der Waals surface area contributed by atoms with E-state index in [1.54, 1.807) is 37.6 Å². The van der Waals surface area contributed by atoms with E-state index in [0.717, 1.165) is 10.9 Å². The third kappa shape index (κ3) is 3.68. The summed E-state index contributed by atoms with van der Waals surface area (Å²) in [7, 11) is 4.66. The standard InChI is InChI=1S/C19H18O6/c1-21-13-4-5-17-12(11-24-18(17)10-13)6-19(20)25-16-8-14(22-2)7-15(9-16)23-3/h4-5,7-11H,6H2,1-3H3. The lowest BCUT2D eigenvalue weighted by Gasteiger charge is -2.08. The molecule has 3 rings (SSSR count). The molecule has 1 heterocycles. The Morgan fingerprint density at radius 1 is 0.880 bits per heavy atom. The number of furan rings is 1. The molecule has 0 aliphatic heterocycles. The number of carbonyl (C=O) groups is 1. The molecule has 0 N–H and O–H groups in total. The fourth-order valence-corrected chi connectivity index (χ4v) is 2.49. The lowest BCUT2D eigenvalue weighted by Crippen LogP contribution is -2.11. The van der Waals surface area contributed by atoms with Crippen LogP contribution in [0.15, 0.2) is 47.1 Å². The zero-order valence-electron chi connectivity index (χ0n) is 14.2. The minimum atomic E-state index is -0.408. The van der Waals surface area contributed by atoms with E-state index in [9.17, 15) is 4.79 Å². The van der Waals surface area contributed by atoms with Gasteiger partial charge in [0.1, 0.15) is 28.6 Å². The van der Waals surface area contributed by atoms with Crippen molar-refractivity contribution >= 4 is 16.9 Å². The molecule has 0 unspecified atom stereocenters. The average molecular weight is 342 g/mol.